The predicted octanol–water partition coefficient (Wildman–Crippen LogP) is 4.49. The molecule has 0 aromatic heterocycles. The molecule has 1 unspecified atom stereocenters. The zero-order valence-electron chi connectivity index (χ0n) is 11.4. The van der Waals surface area contributed by atoms with Gasteiger partial charge in [0.25, 0.3) is 0 Å². The molecule has 19 heavy (non-hydrogen) atoms. The van der Waals surface area contributed by atoms with Crippen molar-refractivity contribution in [3.05, 3.63) is 69.7 Å². The Morgan fingerprint density at radius 1 is 1.05 bits per heavy atom. The van der Waals surface area contributed by atoms with E-state index in [0.717, 1.165) is 23.1 Å². The van der Waals surface area contributed by atoms with E-state index >= 15 is 0 Å². The Morgan fingerprint density at radius 2 is 1.68 bits per heavy atom. The molecule has 0 aliphatic rings. The fourth-order valence-corrected chi connectivity index (χ4v) is 2.41. The molecular formula is C17H19ClO. The van der Waals surface area contributed by atoms with Gasteiger partial charge in [0.05, 0.1) is 6.10 Å². The summed E-state index contributed by atoms with van der Waals surface area (Å²) in [6.45, 7) is 4.08. The third kappa shape index (κ3) is 3.37. The topological polar surface area (TPSA) is 20.2 Å². The van der Waals surface area contributed by atoms with Gasteiger partial charge in [0.15, 0.2) is 0 Å². The summed E-state index contributed by atoms with van der Waals surface area (Å²) < 4.78 is 0. The number of aryl methyl sites for hydroxylation is 1. The van der Waals surface area contributed by atoms with Crippen molar-refractivity contribution in [2.45, 2.75) is 32.8 Å². The van der Waals surface area contributed by atoms with Crippen molar-refractivity contribution in [1.29, 1.82) is 0 Å². The van der Waals surface area contributed by atoms with Crippen molar-refractivity contribution in [3.63, 3.8) is 0 Å². The third-order valence-corrected chi connectivity index (χ3v) is 3.94. The first-order chi connectivity index (χ1) is 9.11. The Hall–Kier alpha value is -1.31. The number of aliphatic hydroxyl groups excluding tert-OH is 1. The van der Waals surface area contributed by atoms with Crippen LogP contribution in [0.1, 0.15) is 35.3 Å². The van der Waals surface area contributed by atoms with Crippen LogP contribution >= 0.6 is 11.6 Å². The Labute approximate surface area is 119 Å². The SMILES string of the molecule is CCc1ccc(CC(O)c2cccc(Cl)c2C)cc1. The Kier molecular flexibility index (Phi) is 4.62. The van der Waals surface area contributed by atoms with Gasteiger partial charge in [-0.2, -0.15) is 0 Å². The van der Waals surface area contributed by atoms with E-state index < -0.39 is 6.10 Å². The van der Waals surface area contributed by atoms with Crippen LogP contribution in [0.25, 0.3) is 0 Å². The van der Waals surface area contributed by atoms with Crippen LogP contribution in [-0.2, 0) is 12.8 Å². The molecule has 0 radical (unpaired) electrons. The fourth-order valence-electron chi connectivity index (χ4n) is 2.23. The van der Waals surface area contributed by atoms with E-state index in [0.29, 0.717) is 11.4 Å². The standard InChI is InChI=1S/C17H19ClO/c1-3-13-7-9-14(10-8-13)11-17(19)15-5-4-6-16(18)12(15)2/h4-10,17,19H,3,11H2,1-2H3. The molecule has 0 aliphatic carbocycles. The monoisotopic (exact) mass is 274 g/mol. The Bertz CT molecular complexity index is 546. The first-order valence-corrected chi connectivity index (χ1v) is 7.00. The highest BCUT2D eigenvalue weighted by molar-refractivity contribution is 6.31. The van der Waals surface area contributed by atoms with Gasteiger partial charge in [0.2, 0.25) is 0 Å². The summed E-state index contributed by atoms with van der Waals surface area (Å²) >= 11 is 6.09. The molecule has 0 saturated carbocycles. The van der Waals surface area contributed by atoms with Crippen LogP contribution in [0.5, 0.6) is 0 Å². The van der Waals surface area contributed by atoms with Gasteiger partial charge in [-0.25, -0.2) is 0 Å². The lowest BCUT2D eigenvalue weighted by Crippen LogP contribution is -2.04. The largest absolute Gasteiger partial charge is 0.388 e. The van der Waals surface area contributed by atoms with E-state index in [9.17, 15) is 5.11 Å². The summed E-state index contributed by atoms with van der Waals surface area (Å²) in [5.74, 6) is 0. The van der Waals surface area contributed by atoms with Crippen LogP contribution in [-0.4, -0.2) is 5.11 Å². The summed E-state index contributed by atoms with van der Waals surface area (Å²) in [6.07, 6.45) is 1.15. The van der Waals surface area contributed by atoms with E-state index in [1.165, 1.54) is 5.56 Å². The summed E-state index contributed by atoms with van der Waals surface area (Å²) in [6, 6.07) is 14.1. The molecule has 0 saturated heterocycles. The minimum Gasteiger partial charge on any atom is -0.388 e. The van der Waals surface area contributed by atoms with Crippen LogP contribution < -0.4 is 0 Å². The predicted molar refractivity (Wildman–Crippen MR) is 80.7 cm³/mol. The maximum Gasteiger partial charge on any atom is 0.0833 e. The first kappa shape index (κ1) is 14.1. The van der Waals surface area contributed by atoms with Gasteiger partial charge in [-0.15, -0.1) is 0 Å². The second-order valence-corrected chi connectivity index (χ2v) is 5.25. The molecule has 2 aromatic rings. The van der Waals surface area contributed by atoms with Crippen molar-refractivity contribution in [2.24, 2.45) is 0 Å². The van der Waals surface area contributed by atoms with Crippen molar-refractivity contribution in [2.75, 3.05) is 0 Å². The summed E-state index contributed by atoms with van der Waals surface area (Å²) in [4.78, 5) is 0. The molecule has 1 atom stereocenters. The van der Waals surface area contributed by atoms with Gasteiger partial charge in [0, 0.05) is 11.4 Å². The molecule has 2 aromatic carbocycles. The lowest BCUT2D eigenvalue weighted by atomic mass is 9.97. The second-order valence-electron chi connectivity index (χ2n) is 4.84. The Morgan fingerprint density at radius 3 is 2.32 bits per heavy atom. The molecule has 2 heteroatoms. The highest BCUT2D eigenvalue weighted by Gasteiger charge is 2.12. The highest BCUT2D eigenvalue weighted by Crippen LogP contribution is 2.26. The van der Waals surface area contributed by atoms with Gasteiger partial charge < -0.3 is 5.11 Å². The minimum absolute atomic E-state index is 0.508. The lowest BCUT2D eigenvalue weighted by Gasteiger charge is -2.15. The van der Waals surface area contributed by atoms with Crippen molar-refractivity contribution >= 4 is 11.6 Å². The normalized spacial score (nSPS) is 12.4. The number of halogens is 1. The van der Waals surface area contributed by atoms with Crippen LogP contribution in [0.3, 0.4) is 0 Å². The summed E-state index contributed by atoms with van der Waals surface area (Å²) in [5.41, 5.74) is 4.33. The van der Waals surface area contributed by atoms with Gasteiger partial charge >= 0.3 is 0 Å². The lowest BCUT2D eigenvalue weighted by molar-refractivity contribution is 0.177. The zero-order chi connectivity index (χ0) is 13.8. The highest BCUT2D eigenvalue weighted by atomic mass is 35.5. The van der Waals surface area contributed by atoms with Crippen LogP contribution in [0.2, 0.25) is 5.02 Å². The van der Waals surface area contributed by atoms with Crippen LogP contribution in [0.15, 0.2) is 42.5 Å². The summed E-state index contributed by atoms with van der Waals surface area (Å²) in [7, 11) is 0. The van der Waals surface area contributed by atoms with Gasteiger partial charge in [-0.05, 0) is 41.7 Å². The van der Waals surface area contributed by atoms with Crippen molar-refractivity contribution < 1.29 is 5.11 Å². The molecular weight excluding hydrogens is 256 g/mol. The molecule has 0 heterocycles. The molecule has 1 N–H and O–H groups in total. The van der Waals surface area contributed by atoms with Gasteiger partial charge in [-0.1, -0.05) is 54.9 Å². The first-order valence-electron chi connectivity index (χ1n) is 6.62. The van der Waals surface area contributed by atoms with Crippen LogP contribution in [0, 0.1) is 6.92 Å². The molecule has 0 bridgehead atoms. The number of benzene rings is 2. The minimum atomic E-state index is -0.508. The summed E-state index contributed by atoms with van der Waals surface area (Å²) in [5, 5.41) is 11.1. The molecule has 1 nitrogen and oxygen atoms in total. The molecule has 2 rings (SSSR count). The zero-order valence-corrected chi connectivity index (χ0v) is 12.1. The maximum absolute atomic E-state index is 10.3. The van der Waals surface area contributed by atoms with E-state index in [4.69, 9.17) is 11.6 Å². The number of hydrogen-bond acceptors (Lipinski definition) is 1. The number of aliphatic hydroxyl groups is 1. The molecule has 0 aliphatic heterocycles. The average molecular weight is 275 g/mol. The second kappa shape index (κ2) is 6.23. The van der Waals surface area contributed by atoms with E-state index in [1.54, 1.807) is 0 Å². The van der Waals surface area contributed by atoms with Gasteiger partial charge in [0.1, 0.15) is 0 Å². The number of rotatable bonds is 4. The average Bonchev–Trinajstić information content (AvgIpc) is 2.42. The quantitative estimate of drug-likeness (QED) is 0.871. The fraction of sp³-hybridized carbons (Fsp3) is 0.294. The molecule has 100 valence electrons. The third-order valence-electron chi connectivity index (χ3n) is 3.53. The van der Waals surface area contributed by atoms with E-state index in [-0.39, 0.29) is 0 Å². The maximum atomic E-state index is 10.3. The van der Waals surface area contributed by atoms with E-state index in [1.807, 2.05) is 25.1 Å². The Balaban J connectivity index is 2.15. The number of hydrogen-bond donors (Lipinski definition) is 1. The van der Waals surface area contributed by atoms with Crippen LogP contribution in [0.4, 0.5) is 0 Å². The molecule has 0 fully saturated rings. The molecule has 0 amide bonds. The smallest absolute Gasteiger partial charge is 0.0833 e. The van der Waals surface area contributed by atoms with E-state index in [2.05, 4.69) is 31.2 Å². The molecule has 0 spiro atoms. The van der Waals surface area contributed by atoms with Gasteiger partial charge in [-0.3, -0.25) is 0 Å². The van der Waals surface area contributed by atoms with Crippen molar-refractivity contribution in [1.82, 2.24) is 0 Å². The van der Waals surface area contributed by atoms with Crippen molar-refractivity contribution in [3.8, 4) is 0 Å².